The molecular weight excluding hydrogens is 366 g/mol. The Morgan fingerprint density at radius 1 is 1.50 bits per heavy atom. The number of carbonyl (C=O) groups excluding carboxylic acids is 1. The van der Waals surface area contributed by atoms with E-state index in [1.807, 2.05) is 6.07 Å². The summed E-state index contributed by atoms with van der Waals surface area (Å²) in [7, 11) is 0. The zero-order valence-corrected chi connectivity index (χ0v) is 12.8. The molecule has 0 aliphatic carbocycles. The molecule has 0 bridgehead atoms. The Kier molecular flexibility index (Phi) is 4.42. The third kappa shape index (κ3) is 3.32. The van der Waals surface area contributed by atoms with Crippen LogP contribution in [0.25, 0.3) is 0 Å². The van der Waals surface area contributed by atoms with Crippen molar-refractivity contribution in [1.29, 1.82) is 0 Å². The monoisotopic (exact) mass is 377 g/mol. The zero-order valence-electron chi connectivity index (χ0n) is 9.58. The Hall–Kier alpha value is -0.430. The summed E-state index contributed by atoms with van der Waals surface area (Å²) in [5.74, 6) is -0.219. The molecule has 98 valence electrons. The highest BCUT2D eigenvalue weighted by Gasteiger charge is 2.32. The molecule has 2 N–H and O–H groups in total. The van der Waals surface area contributed by atoms with Crippen LogP contribution in [-0.2, 0) is 4.74 Å². The number of nitrogens with one attached hydrogen (secondary N) is 1. The fourth-order valence-electron chi connectivity index (χ4n) is 1.75. The first kappa shape index (κ1) is 14.0. The first-order valence-corrected chi connectivity index (χ1v) is 7.12. The number of aliphatic hydroxyl groups is 1. The first-order valence-electron chi connectivity index (χ1n) is 5.54. The van der Waals surface area contributed by atoms with Crippen molar-refractivity contribution in [2.45, 2.75) is 12.0 Å². The van der Waals surface area contributed by atoms with Crippen molar-refractivity contribution in [2.24, 2.45) is 0 Å². The van der Waals surface area contributed by atoms with Crippen molar-refractivity contribution in [1.82, 2.24) is 5.32 Å². The quantitative estimate of drug-likeness (QED) is 0.846. The summed E-state index contributed by atoms with van der Waals surface area (Å²) in [5, 5.41) is 12.8. The largest absolute Gasteiger partial charge is 0.386 e. The van der Waals surface area contributed by atoms with E-state index in [4.69, 9.17) is 4.74 Å². The molecule has 1 unspecified atom stereocenters. The van der Waals surface area contributed by atoms with Gasteiger partial charge in [-0.15, -0.1) is 0 Å². The van der Waals surface area contributed by atoms with Crippen LogP contribution in [0, 0.1) is 0 Å². The second-order valence-electron chi connectivity index (χ2n) is 4.33. The molecule has 0 aromatic heterocycles. The number of ether oxygens (including phenoxy) is 1. The van der Waals surface area contributed by atoms with E-state index in [1.54, 1.807) is 12.1 Å². The van der Waals surface area contributed by atoms with Crippen LogP contribution in [0.15, 0.2) is 27.1 Å². The summed E-state index contributed by atoms with van der Waals surface area (Å²) in [6.07, 6.45) is 0.549. The van der Waals surface area contributed by atoms with E-state index in [0.717, 1.165) is 8.95 Å². The number of carbonyl (C=O) groups is 1. The molecule has 1 aliphatic rings. The molecule has 2 rings (SSSR count). The lowest BCUT2D eigenvalue weighted by atomic mass is 10.0. The summed E-state index contributed by atoms with van der Waals surface area (Å²) in [6.45, 7) is 1.00. The maximum absolute atomic E-state index is 12.0. The number of amides is 1. The molecule has 1 atom stereocenters. The molecular formula is C12H13Br2NO3. The second-order valence-corrected chi connectivity index (χ2v) is 6.10. The van der Waals surface area contributed by atoms with Gasteiger partial charge in [-0.1, -0.05) is 15.9 Å². The van der Waals surface area contributed by atoms with E-state index in [-0.39, 0.29) is 19.1 Å². The van der Waals surface area contributed by atoms with Crippen molar-refractivity contribution in [3.63, 3.8) is 0 Å². The third-order valence-electron chi connectivity index (χ3n) is 2.83. The van der Waals surface area contributed by atoms with E-state index < -0.39 is 5.60 Å². The third-order valence-corrected chi connectivity index (χ3v) is 4.02. The molecule has 1 fully saturated rings. The van der Waals surface area contributed by atoms with Crippen LogP contribution in [0.4, 0.5) is 0 Å². The number of hydrogen-bond donors (Lipinski definition) is 2. The van der Waals surface area contributed by atoms with Gasteiger partial charge in [-0.2, -0.15) is 0 Å². The van der Waals surface area contributed by atoms with E-state index in [0.29, 0.717) is 18.6 Å². The summed E-state index contributed by atoms with van der Waals surface area (Å²) in [6, 6.07) is 5.38. The van der Waals surface area contributed by atoms with Crippen LogP contribution in [0.2, 0.25) is 0 Å². The molecule has 0 radical (unpaired) electrons. The van der Waals surface area contributed by atoms with Gasteiger partial charge in [0, 0.05) is 28.5 Å². The summed E-state index contributed by atoms with van der Waals surface area (Å²) in [4.78, 5) is 12.0. The predicted molar refractivity (Wildman–Crippen MR) is 74.6 cm³/mol. The van der Waals surface area contributed by atoms with E-state index >= 15 is 0 Å². The SMILES string of the molecule is O=C(NCC1(O)CCOC1)c1cc(Br)ccc1Br. The molecule has 0 spiro atoms. The van der Waals surface area contributed by atoms with Gasteiger partial charge in [-0.05, 0) is 34.1 Å². The Bertz CT molecular complexity index is 459. The van der Waals surface area contributed by atoms with Gasteiger partial charge in [0.1, 0.15) is 5.60 Å². The number of halogens is 2. The molecule has 1 saturated heterocycles. The van der Waals surface area contributed by atoms with Crippen LogP contribution in [-0.4, -0.2) is 36.4 Å². The smallest absolute Gasteiger partial charge is 0.252 e. The number of rotatable bonds is 3. The average molecular weight is 379 g/mol. The lowest BCUT2D eigenvalue weighted by molar-refractivity contribution is 0.0264. The van der Waals surface area contributed by atoms with Crippen LogP contribution in [0.5, 0.6) is 0 Å². The fraction of sp³-hybridized carbons (Fsp3) is 0.417. The van der Waals surface area contributed by atoms with Crippen molar-refractivity contribution < 1.29 is 14.6 Å². The van der Waals surface area contributed by atoms with E-state index in [9.17, 15) is 9.90 Å². The highest BCUT2D eigenvalue weighted by molar-refractivity contribution is 9.11. The van der Waals surface area contributed by atoms with Gasteiger partial charge in [0.25, 0.3) is 5.91 Å². The zero-order chi connectivity index (χ0) is 13.2. The maximum atomic E-state index is 12.0. The summed E-state index contributed by atoms with van der Waals surface area (Å²) in [5.41, 5.74) is -0.402. The van der Waals surface area contributed by atoms with Crippen LogP contribution in [0.1, 0.15) is 16.8 Å². The van der Waals surface area contributed by atoms with Gasteiger partial charge < -0.3 is 15.2 Å². The highest BCUT2D eigenvalue weighted by Crippen LogP contribution is 2.22. The molecule has 4 nitrogen and oxygen atoms in total. The molecule has 1 heterocycles. The number of hydrogen-bond acceptors (Lipinski definition) is 3. The first-order chi connectivity index (χ1) is 8.50. The number of benzene rings is 1. The molecule has 0 saturated carbocycles. The van der Waals surface area contributed by atoms with Gasteiger partial charge >= 0.3 is 0 Å². The van der Waals surface area contributed by atoms with Gasteiger partial charge in [-0.3, -0.25) is 4.79 Å². The highest BCUT2D eigenvalue weighted by atomic mass is 79.9. The molecule has 18 heavy (non-hydrogen) atoms. The summed E-state index contributed by atoms with van der Waals surface area (Å²) < 4.78 is 6.68. The van der Waals surface area contributed by atoms with Crippen LogP contribution in [0.3, 0.4) is 0 Å². The van der Waals surface area contributed by atoms with Gasteiger partial charge in [0.15, 0.2) is 0 Å². The lowest BCUT2D eigenvalue weighted by Gasteiger charge is -2.20. The lowest BCUT2D eigenvalue weighted by Crippen LogP contribution is -2.43. The van der Waals surface area contributed by atoms with E-state index in [1.165, 1.54) is 0 Å². The Morgan fingerprint density at radius 3 is 2.94 bits per heavy atom. The molecule has 1 amide bonds. The average Bonchev–Trinajstić information content (AvgIpc) is 2.77. The minimum atomic E-state index is -0.936. The van der Waals surface area contributed by atoms with Gasteiger partial charge in [-0.25, -0.2) is 0 Å². The Morgan fingerprint density at radius 2 is 2.28 bits per heavy atom. The fourth-order valence-corrected chi connectivity index (χ4v) is 2.54. The normalized spacial score (nSPS) is 23.1. The van der Waals surface area contributed by atoms with Gasteiger partial charge in [0.05, 0.1) is 12.2 Å². The summed E-state index contributed by atoms with van der Waals surface area (Å²) >= 11 is 6.65. The Balaban J connectivity index is 2.01. The van der Waals surface area contributed by atoms with Crippen molar-refractivity contribution in [2.75, 3.05) is 19.8 Å². The van der Waals surface area contributed by atoms with Crippen LogP contribution < -0.4 is 5.32 Å². The van der Waals surface area contributed by atoms with Gasteiger partial charge in [0.2, 0.25) is 0 Å². The molecule has 6 heteroatoms. The minimum absolute atomic E-state index is 0.199. The second kappa shape index (κ2) is 5.69. The standard InChI is InChI=1S/C12H13Br2NO3/c13-8-1-2-10(14)9(5-8)11(16)15-6-12(17)3-4-18-7-12/h1-2,5,17H,3-4,6-7H2,(H,15,16). The molecule has 1 aromatic rings. The van der Waals surface area contributed by atoms with E-state index in [2.05, 4.69) is 37.2 Å². The predicted octanol–water partition coefficient (Wildman–Crippen LogP) is 2.09. The van der Waals surface area contributed by atoms with Crippen molar-refractivity contribution >= 4 is 37.8 Å². The Labute approximate surface area is 122 Å². The van der Waals surface area contributed by atoms with Crippen LogP contribution >= 0.6 is 31.9 Å². The topological polar surface area (TPSA) is 58.6 Å². The molecule has 1 aromatic carbocycles. The van der Waals surface area contributed by atoms with Crippen molar-refractivity contribution in [3.05, 3.63) is 32.7 Å². The van der Waals surface area contributed by atoms with Crippen molar-refractivity contribution in [3.8, 4) is 0 Å². The minimum Gasteiger partial charge on any atom is -0.386 e. The maximum Gasteiger partial charge on any atom is 0.252 e. The molecule has 1 aliphatic heterocycles.